The van der Waals surface area contributed by atoms with Crippen molar-refractivity contribution in [1.29, 1.82) is 0 Å². The molecule has 0 fully saturated rings. The van der Waals surface area contributed by atoms with Crippen molar-refractivity contribution in [2.75, 3.05) is 7.11 Å². The average molecular weight is 396 g/mol. The predicted molar refractivity (Wildman–Crippen MR) is 77.7 cm³/mol. The van der Waals surface area contributed by atoms with E-state index in [-0.39, 0.29) is 12.2 Å². The summed E-state index contributed by atoms with van der Waals surface area (Å²) in [5, 5.41) is 0.573. The van der Waals surface area contributed by atoms with Gasteiger partial charge in [-0.25, -0.2) is 4.98 Å². The quantitative estimate of drug-likeness (QED) is 0.728. The number of rotatable bonds is 4. The molecule has 0 atom stereocenters. The van der Waals surface area contributed by atoms with Crippen LogP contribution in [0.4, 0.5) is 13.2 Å². The van der Waals surface area contributed by atoms with Crippen LogP contribution in [0.1, 0.15) is 5.69 Å². The fraction of sp³-hybridized carbons (Fsp3) is 0.231. The number of benzene rings is 1. The number of carbonyl (C=O) groups excluding carboxylic acids is 1. The molecule has 0 bridgehead atoms. The van der Waals surface area contributed by atoms with Crippen LogP contribution in [0, 0.1) is 0 Å². The van der Waals surface area contributed by atoms with Crippen molar-refractivity contribution in [2.45, 2.75) is 12.8 Å². The Morgan fingerprint density at radius 1 is 1.32 bits per heavy atom. The van der Waals surface area contributed by atoms with Gasteiger partial charge in [-0.15, -0.1) is 24.5 Å². The number of hydrogen-bond acceptors (Lipinski definition) is 5. The number of halogens is 4. The molecular formula is C13H9BrF3NO3S. The lowest BCUT2D eigenvalue weighted by Gasteiger charge is -2.08. The minimum absolute atomic E-state index is 0.0167. The van der Waals surface area contributed by atoms with E-state index in [1.54, 1.807) is 0 Å². The molecule has 0 saturated carbocycles. The van der Waals surface area contributed by atoms with E-state index in [4.69, 9.17) is 0 Å². The molecule has 118 valence electrons. The second-order valence-electron chi connectivity index (χ2n) is 4.06. The van der Waals surface area contributed by atoms with Gasteiger partial charge in [0.05, 0.1) is 23.0 Å². The Morgan fingerprint density at radius 3 is 2.50 bits per heavy atom. The second kappa shape index (κ2) is 6.66. The van der Waals surface area contributed by atoms with Crippen molar-refractivity contribution in [1.82, 2.24) is 4.98 Å². The summed E-state index contributed by atoms with van der Waals surface area (Å²) in [5.74, 6) is -0.729. The zero-order valence-electron chi connectivity index (χ0n) is 11.1. The largest absolute Gasteiger partial charge is 0.573 e. The van der Waals surface area contributed by atoms with Gasteiger partial charge in [0.15, 0.2) is 0 Å². The first-order chi connectivity index (χ1) is 10.3. The third kappa shape index (κ3) is 4.44. The van der Waals surface area contributed by atoms with Gasteiger partial charge in [0.1, 0.15) is 10.8 Å². The number of ether oxygens (including phenoxy) is 2. The summed E-state index contributed by atoms with van der Waals surface area (Å²) < 4.78 is 45.3. The molecule has 4 nitrogen and oxygen atoms in total. The number of esters is 1. The molecule has 0 aliphatic rings. The number of thiazole rings is 1. The standard InChI is InChI=1S/C13H9BrF3NO3S/c1-20-10(19)6-9-11(14)22-12(18-9)7-2-4-8(5-3-7)21-13(15,16)17/h2-5H,6H2,1H3. The van der Waals surface area contributed by atoms with Crippen LogP contribution in [-0.4, -0.2) is 24.4 Å². The zero-order chi connectivity index (χ0) is 16.3. The van der Waals surface area contributed by atoms with Gasteiger partial charge in [-0.2, -0.15) is 0 Å². The third-order valence-corrected chi connectivity index (χ3v) is 4.40. The van der Waals surface area contributed by atoms with Gasteiger partial charge in [0.2, 0.25) is 0 Å². The van der Waals surface area contributed by atoms with E-state index in [2.05, 4.69) is 30.4 Å². The van der Waals surface area contributed by atoms with Crippen LogP contribution in [-0.2, 0) is 16.0 Å². The van der Waals surface area contributed by atoms with Gasteiger partial charge in [-0.05, 0) is 40.2 Å². The van der Waals surface area contributed by atoms with Crippen molar-refractivity contribution in [2.24, 2.45) is 0 Å². The maximum atomic E-state index is 12.1. The lowest BCUT2D eigenvalue weighted by molar-refractivity contribution is -0.274. The summed E-state index contributed by atoms with van der Waals surface area (Å²) in [6.45, 7) is 0. The molecule has 0 N–H and O–H groups in total. The second-order valence-corrected chi connectivity index (χ2v) is 6.38. The van der Waals surface area contributed by atoms with E-state index >= 15 is 0 Å². The van der Waals surface area contributed by atoms with Crippen LogP contribution < -0.4 is 4.74 Å². The summed E-state index contributed by atoms with van der Waals surface area (Å²) in [7, 11) is 1.28. The first-order valence-corrected chi connectivity index (χ1v) is 7.47. The topological polar surface area (TPSA) is 48.4 Å². The fourth-order valence-electron chi connectivity index (χ4n) is 1.57. The van der Waals surface area contributed by atoms with E-state index in [0.717, 1.165) is 0 Å². The number of hydrogen-bond donors (Lipinski definition) is 0. The van der Waals surface area contributed by atoms with Gasteiger partial charge in [0, 0.05) is 5.56 Å². The maximum absolute atomic E-state index is 12.1. The van der Waals surface area contributed by atoms with Crippen molar-refractivity contribution in [3.63, 3.8) is 0 Å². The molecule has 0 spiro atoms. The molecule has 0 saturated heterocycles. The Morgan fingerprint density at radius 2 is 1.95 bits per heavy atom. The van der Waals surface area contributed by atoms with Crippen LogP contribution in [0.5, 0.6) is 5.75 Å². The first kappa shape index (κ1) is 16.8. The molecule has 0 aliphatic carbocycles. The summed E-state index contributed by atoms with van der Waals surface area (Å²) in [5.41, 5.74) is 1.14. The van der Waals surface area contributed by atoms with Crippen molar-refractivity contribution in [3.8, 4) is 16.3 Å². The molecule has 2 rings (SSSR count). The molecule has 0 radical (unpaired) electrons. The highest BCUT2D eigenvalue weighted by molar-refractivity contribution is 9.11. The molecule has 0 amide bonds. The first-order valence-electron chi connectivity index (χ1n) is 5.86. The Hall–Kier alpha value is -1.61. The zero-order valence-corrected chi connectivity index (χ0v) is 13.5. The number of methoxy groups -OCH3 is 1. The van der Waals surface area contributed by atoms with Gasteiger partial charge in [-0.3, -0.25) is 4.79 Å². The Balaban J connectivity index is 2.18. The normalized spacial score (nSPS) is 11.3. The van der Waals surface area contributed by atoms with Gasteiger partial charge in [-0.1, -0.05) is 0 Å². The third-order valence-electron chi connectivity index (χ3n) is 2.52. The lowest BCUT2D eigenvalue weighted by Crippen LogP contribution is -2.16. The molecule has 9 heteroatoms. The number of nitrogens with zero attached hydrogens (tertiary/aromatic N) is 1. The molecule has 0 aliphatic heterocycles. The molecular weight excluding hydrogens is 387 g/mol. The predicted octanol–water partition coefficient (Wildman–Crippen LogP) is 4.19. The lowest BCUT2D eigenvalue weighted by atomic mass is 10.2. The highest BCUT2D eigenvalue weighted by atomic mass is 79.9. The molecule has 2 aromatic rings. The molecule has 1 aromatic carbocycles. The highest BCUT2D eigenvalue weighted by Gasteiger charge is 2.31. The van der Waals surface area contributed by atoms with E-state index in [9.17, 15) is 18.0 Å². The summed E-state index contributed by atoms with van der Waals surface area (Å²) >= 11 is 4.57. The van der Waals surface area contributed by atoms with Gasteiger partial charge in [0.25, 0.3) is 0 Å². The van der Waals surface area contributed by atoms with E-state index in [1.165, 1.54) is 42.7 Å². The van der Waals surface area contributed by atoms with E-state index in [0.29, 0.717) is 20.1 Å². The molecule has 0 unspecified atom stereocenters. The van der Waals surface area contributed by atoms with Crippen molar-refractivity contribution < 1.29 is 27.4 Å². The van der Waals surface area contributed by atoms with Crippen LogP contribution >= 0.6 is 27.3 Å². The smallest absolute Gasteiger partial charge is 0.469 e. The average Bonchev–Trinajstić information content (AvgIpc) is 2.79. The van der Waals surface area contributed by atoms with Crippen LogP contribution in [0.25, 0.3) is 10.6 Å². The maximum Gasteiger partial charge on any atom is 0.573 e. The number of carbonyl (C=O) groups is 1. The van der Waals surface area contributed by atoms with Gasteiger partial charge < -0.3 is 9.47 Å². The molecule has 22 heavy (non-hydrogen) atoms. The molecule has 1 heterocycles. The summed E-state index contributed by atoms with van der Waals surface area (Å²) in [6, 6.07) is 5.35. The molecule has 1 aromatic heterocycles. The Labute approximate surface area is 136 Å². The van der Waals surface area contributed by atoms with Gasteiger partial charge >= 0.3 is 12.3 Å². The van der Waals surface area contributed by atoms with Crippen LogP contribution in [0.15, 0.2) is 28.1 Å². The van der Waals surface area contributed by atoms with Crippen molar-refractivity contribution in [3.05, 3.63) is 33.7 Å². The fourth-order valence-corrected chi connectivity index (χ4v) is 3.08. The van der Waals surface area contributed by atoms with Crippen LogP contribution in [0.2, 0.25) is 0 Å². The summed E-state index contributed by atoms with van der Waals surface area (Å²) in [4.78, 5) is 15.5. The van der Waals surface area contributed by atoms with E-state index in [1.807, 2.05) is 0 Å². The summed E-state index contributed by atoms with van der Waals surface area (Å²) in [6.07, 6.45) is -4.71. The van der Waals surface area contributed by atoms with Crippen molar-refractivity contribution >= 4 is 33.2 Å². The minimum Gasteiger partial charge on any atom is -0.469 e. The van der Waals surface area contributed by atoms with Crippen LogP contribution in [0.3, 0.4) is 0 Å². The highest BCUT2D eigenvalue weighted by Crippen LogP contribution is 2.33. The SMILES string of the molecule is COC(=O)Cc1nc(-c2ccc(OC(F)(F)F)cc2)sc1Br. The number of aromatic nitrogens is 1. The Kier molecular flexibility index (Phi) is 5.07. The Bertz CT molecular complexity index is 670. The van der Waals surface area contributed by atoms with E-state index < -0.39 is 12.3 Å². The number of alkyl halides is 3. The monoisotopic (exact) mass is 395 g/mol. The minimum atomic E-state index is -4.72.